The zero-order chi connectivity index (χ0) is 19.0. The monoisotopic (exact) mass is 365 g/mol. The van der Waals surface area contributed by atoms with Crippen LogP contribution in [0.3, 0.4) is 0 Å². The first-order chi connectivity index (χ1) is 11.7. The molecular weight excluding hydrogens is 339 g/mol. The number of carbonyl (C=O) groups excluding carboxylic acids is 1. The van der Waals surface area contributed by atoms with Gasteiger partial charge in [-0.25, -0.2) is 4.79 Å². The first-order valence-electron chi connectivity index (χ1n) is 8.44. The molecule has 144 valence electrons. The second-order valence-electron chi connectivity index (χ2n) is 6.55. The minimum absolute atomic E-state index is 0.112. The fraction of sp³-hybridized carbons (Fsp3) is 0.765. The summed E-state index contributed by atoms with van der Waals surface area (Å²) < 4.78 is 36.3. The number of alkyl halides is 3. The summed E-state index contributed by atoms with van der Waals surface area (Å²) in [4.78, 5) is 19.8. The van der Waals surface area contributed by atoms with Crippen LogP contribution in [0.2, 0.25) is 0 Å². The molecule has 0 aromatic heterocycles. The van der Waals surface area contributed by atoms with Crippen molar-refractivity contribution in [3.8, 4) is 0 Å². The largest absolute Gasteiger partial charge is 0.490 e. The molecule has 0 saturated heterocycles. The minimum atomic E-state index is -5.08. The highest BCUT2D eigenvalue weighted by atomic mass is 19.4. The zero-order valence-corrected chi connectivity index (χ0v) is 14.3. The van der Waals surface area contributed by atoms with Gasteiger partial charge in [0.15, 0.2) is 0 Å². The van der Waals surface area contributed by atoms with E-state index in [0.29, 0.717) is 18.4 Å². The number of rotatable bonds is 6. The summed E-state index contributed by atoms with van der Waals surface area (Å²) >= 11 is 0. The number of hydrogen-bond acceptors (Lipinski definition) is 4. The van der Waals surface area contributed by atoms with Crippen LogP contribution in [-0.4, -0.2) is 36.4 Å². The van der Waals surface area contributed by atoms with E-state index in [1.165, 1.54) is 26.4 Å². The number of aliphatic carboxylic acids is 1. The molecule has 0 aromatic rings. The molecular formula is C17H26F3NO4. The Morgan fingerprint density at radius 1 is 1.24 bits per heavy atom. The van der Waals surface area contributed by atoms with E-state index < -0.39 is 12.1 Å². The number of methoxy groups -OCH3 is 1. The first kappa shape index (κ1) is 21.5. The molecule has 0 amide bonds. The molecule has 0 spiro atoms. The molecule has 0 heterocycles. The van der Waals surface area contributed by atoms with Crippen LogP contribution < -0.4 is 5.73 Å². The van der Waals surface area contributed by atoms with Gasteiger partial charge in [0.2, 0.25) is 0 Å². The van der Waals surface area contributed by atoms with Crippen molar-refractivity contribution >= 4 is 11.9 Å². The Labute approximate surface area is 145 Å². The number of ether oxygens (including phenoxy) is 1. The van der Waals surface area contributed by atoms with E-state index in [9.17, 15) is 18.0 Å². The summed E-state index contributed by atoms with van der Waals surface area (Å²) in [5.74, 6) is -0.482. The third-order valence-corrected chi connectivity index (χ3v) is 4.95. The first-order valence-corrected chi connectivity index (χ1v) is 8.44. The van der Waals surface area contributed by atoms with Crippen LogP contribution in [0, 0.1) is 17.8 Å². The standard InChI is InChI=1S/C15H25NO2.C2HF3O2/c1-18-14(17)7-5-3-2-4-6-13-11-8-9-12(10-11)15(13)16;3-2(4,5)1(6)7/h2,4,11-13,15H,3,5-10,16H2,1H3;(H,6,7)/b4-2-;/t11-,12+,13+,15+;/m1./s1. The molecule has 3 N–H and O–H groups in total. The number of carboxylic acids is 1. The number of nitrogens with two attached hydrogens (primary N) is 1. The smallest absolute Gasteiger partial charge is 0.475 e. The van der Waals surface area contributed by atoms with Gasteiger partial charge in [0.1, 0.15) is 0 Å². The van der Waals surface area contributed by atoms with Crippen molar-refractivity contribution in [2.75, 3.05) is 7.11 Å². The summed E-state index contributed by atoms with van der Waals surface area (Å²) in [5, 5.41) is 7.12. The average Bonchev–Trinajstić information content (AvgIpc) is 3.12. The Balaban J connectivity index is 0.000000381. The van der Waals surface area contributed by atoms with E-state index in [-0.39, 0.29) is 5.97 Å². The van der Waals surface area contributed by atoms with Crippen molar-refractivity contribution in [3.63, 3.8) is 0 Å². The number of esters is 1. The van der Waals surface area contributed by atoms with Crippen molar-refractivity contribution in [2.45, 2.75) is 57.2 Å². The Kier molecular flexibility index (Phi) is 8.41. The Morgan fingerprint density at radius 3 is 2.32 bits per heavy atom. The van der Waals surface area contributed by atoms with E-state index in [2.05, 4.69) is 16.9 Å². The molecule has 2 bridgehead atoms. The highest BCUT2D eigenvalue weighted by Gasteiger charge is 2.44. The SMILES string of the molecule is COC(=O)CCC/C=C\C[C@H]1[C@@H]2CC[C@@H](C2)[C@@H]1N.O=C(O)C(F)(F)F. The summed E-state index contributed by atoms with van der Waals surface area (Å²) in [6, 6.07) is 0.434. The summed E-state index contributed by atoms with van der Waals surface area (Å²) in [5.41, 5.74) is 6.27. The summed E-state index contributed by atoms with van der Waals surface area (Å²) in [6.07, 6.45) is 6.97. The van der Waals surface area contributed by atoms with Gasteiger partial charge >= 0.3 is 18.1 Å². The van der Waals surface area contributed by atoms with E-state index in [0.717, 1.165) is 31.1 Å². The number of hydrogen-bond donors (Lipinski definition) is 2. The molecule has 2 saturated carbocycles. The van der Waals surface area contributed by atoms with E-state index in [1.54, 1.807) is 0 Å². The molecule has 0 aliphatic heterocycles. The van der Waals surface area contributed by atoms with E-state index in [4.69, 9.17) is 15.6 Å². The van der Waals surface area contributed by atoms with Gasteiger partial charge in [-0.2, -0.15) is 13.2 Å². The predicted molar refractivity (Wildman–Crippen MR) is 85.6 cm³/mol. The van der Waals surface area contributed by atoms with Gasteiger partial charge in [-0.1, -0.05) is 12.2 Å². The number of fused-ring (bicyclic) bond motifs is 2. The third kappa shape index (κ3) is 7.05. The normalized spacial score (nSPS) is 27.9. The second-order valence-corrected chi connectivity index (χ2v) is 6.55. The molecule has 4 atom stereocenters. The van der Waals surface area contributed by atoms with Crippen LogP contribution in [0.25, 0.3) is 0 Å². The lowest BCUT2D eigenvalue weighted by Crippen LogP contribution is -2.35. The number of allylic oxidation sites excluding steroid dienone is 2. The Bertz CT molecular complexity index is 477. The molecule has 2 fully saturated rings. The number of carboxylic acid groups (broad SMARTS) is 1. The molecule has 2 rings (SSSR count). The fourth-order valence-electron chi connectivity index (χ4n) is 3.64. The van der Waals surface area contributed by atoms with Gasteiger partial charge in [0.25, 0.3) is 0 Å². The van der Waals surface area contributed by atoms with Gasteiger partial charge in [-0.15, -0.1) is 0 Å². The summed E-state index contributed by atoms with van der Waals surface area (Å²) in [6.45, 7) is 0. The van der Waals surface area contributed by atoms with Crippen LogP contribution in [0.5, 0.6) is 0 Å². The van der Waals surface area contributed by atoms with Crippen molar-refractivity contribution in [2.24, 2.45) is 23.5 Å². The van der Waals surface area contributed by atoms with Gasteiger partial charge in [-0.3, -0.25) is 4.79 Å². The van der Waals surface area contributed by atoms with Gasteiger partial charge in [-0.05, 0) is 56.3 Å². The van der Waals surface area contributed by atoms with Crippen LogP contribution >= 0.6 is 0 Å². The van der Waals surface area contributed by atoms with E-state index in [1.807, 2.05) is 0 Å². The highest BCUT2D eigenvalue weighted by Crippen LogP contribution is 2.48. The van der Waals surface area contributed by atoms with Crippen LogP contribution in [-0.2, 0) is 14.3 Å². The van der Waals surface area contributed by atoms with Crippen molar-refractivity contribution in [3.05, 3.63) is 12.2 Å². The molecule has 2 aliphatic rings. The Morgan fingerprint density at radius 2 is 1.84 bits per heavy atom. The molecule has 0 aromatic carbocycles. The zero-order valence-electron chi connectivity index (χ0n) is 14.3. The second kappa shape index (κ2) is 9.79. The maximum atomic E-state index is 10.9. The van der Waals surface area contributed by atoms with Crippen molar-refractivity contribution < 1.29 is 32.6 Å². The van der Waals surface area contributed by atoms with Crippen molar-refractivity contribution in [1.82, 2.24) is 0 Å². The number of halogens is 3. The van der Waals surface area contributed by atoms with Crippen LogP contribution in [0.15, 0.2) is 12.2 Å². The molecule has 0 unspecified atom stereocenters. The molecule has 0 radical (unpaired) electrons. The average molecular weight is 365 g/mol. The van der Waals surface area contributed by atoms with E-state index >= 15 is 0 Å². The van der Waals surface area contributed by atoms with Crippen molar-refractivity contribution in [1.29, 1.82) is 0 Å². The maximum absolute atomic E-state index is 10.9. The predicted octanol–water partition coefficient (Wildman–Crippen LogP) is 3.28. The minimum Gasteiger partial charge on any atom is -0.475 e. The topological polar surface area (TPSA) is 89.6 Å². The molecule has 25 heavy (non-hydrogen) atoms. The lowest BCUT2D eigenvalue weighted by molar-refractivity contribution is -0.192. The third-order valence-electron chi connectivity index (χ3n) is 4.95. The lowest BCUT2D eigenvalue weighted by Gasteiger charge is -2.27. The maximum Gasteiger partial charge on any atom is 0.490 e. The van der Waals surface area contributed by atoms with Gasteiger partial charge in [0, 0.05) is 12.5 Å². The van der Waals surface area contributed by atoms with Crippen LogP contribution in [0.4, 0.5) is 13.2 Å². The number of unbranched alkanes of at least 4 members (excludes halogenated alkanes) is 1. The quantitative estimate of drug-likeness (QED) is 0.428. The number of carbonyl (C=O) groups is 2. The molecule has 2 aliphatic carbocycles. The molecule has 5 nitrogen and oxygen atoms in total. The van der Waals surface area contributed by atoms with Crippen LogP contribution in [0.1, 0.15) is 44.9 Å². The van der Waals surface area contributed by atoms with Gasteiger partial charge < -0.3 is 15.6 Å². The fourth-order valence-corrected chi connectivity index (χ4v) is 3.64. The lowest BCUT2D eigenvalue weighted by atomic mass is 9.83. The Hall–Kier alpha value is -1.57. The summed E-state index contributed by atoms with van der Waals surface area (Å²) in [7, 11) is 1.44. The highest BCUT2D eigenvalue weighted by molar-refractivity contribution is 5.73. The van der Waals surface area contributed by atoms with Gasteiger partial charge in [0.05, 0.1) is 7.11 Å². The molecule has 8 heteroatoms.